The molecule has 0 unspecified atom stereocenters. The molecular weight excluding hydrogens is 457 g/mol. The van der Waals surface area contributed by atoms with Gasteiger partial charge in [0.25, 0.3) is 0 Å². The van der Waals surface area contributed by atoms with Gasteiger partial charge in [-0.25, -0.2) is 4.98 Å². The Hall–Kier alpha value is -2.01. The standard InChI is InChI=1S/C22H25F3N4OS2/c1-3-12(2)27-10-8-17(30)28-20-18(13-7-9-26-11-16(13)32-20)21-29-19-14(22(23,24)25)5-4-6-15(19)31-21/h4-6,12,26-27H,3,7-11H2,1-2H3,(H,28,30)/t12-/m1/s1. The number of alkyl halides is 3. The summed E-state index contributed by atoms with van der Waals surface area (Å²) in [5, 5.41) is 10.8. The van der Waals surface area contributed by atoms with Crippen LogP contribution in [0.4, 0.5) is 18.2 Å². The van der Waals surface area contributed by atoms with Gasteiger partial charge in [-0.3, -0.25) is 4.79 Å². The summed E-state index contributed by atoms with van der Waals surface area (Å²) in [5.41, 5.74) is 1.06. The number of carbonyl (C=O) groups is 1. The van der Waals surface area contributed by atoms with Gasteiger partial charge < -0.3 is 16.0 Å². The monoisotopic (exact) mass is 482 g/mol. The molecule has 0 aliphatic carbocycles. The zero-order valence-corrected chi connectivity index (χ0v) is 19.5. The number of nitrogens with zero attached hydrogens (tertiary/aromatic N) is 1. The van der Waals surface area contributed by atoms with Gasteiger partial charge in [-0.1, -0.05) is 13.0 Å². The molecule has 0 saturated carbocycles. The van der Waals surface area contributed by atoms with Crippen LogP contribution in [0.25, 0.3) is 20.8 Å². The molecule has 1 aliphatic rings. The second-order valence-corrected chi connectivity index (χ2v) is 10.0. The van der Waals surface area contributed by atoms with Crippen molar-refractivity contribution in [1.82, 2.24) is 15.6 Å². The molecule has 3 N–H and O–H groups in total. The van der Waals surface area contributed by atoms with Crippen LogP contribution in [0.5, 0.6) is 0 Å². The third kappa shape index (κ3) is 4.83. The van der Waals surface area contributed by atoms with Crippen LogP contribution >= 0.6 is 22.7 Å². The number of thiophene rings is 1. The summed E-state index contributed by atoms with van der Waals surface area (Å²) in [5.74, 6) is -0.120. The first-order chi connectivity index (χ1) is 15.3. The molecule has 0 spiro atoms. The number of thiazole rings is 1. The number of amides is 1. The van der Waals surface area contributed by atoms with E-state index in [0.717, 1.165) is 41.5 Å². The number of hydrogen-bond acceptors (Lipinski definition) is 6. The fraction of sp³-hybridized carbons (Fsp3) is 0.455. The average molecular weight is 483 g/mol. The predicted molar refractivity (Wildman–Crippen MR) is 124 cm³/mol. The molecule has 5 nitrogen and oxygen atoms in total. The van der Waals surface area contributed by atoms with Gasteiger partial charge in [-0.05, 0) is 44.0 Å². The lowest BCUT2D eigenvalue weighted by Gasteiger charge is -2.13. The number of hydrogen-bond donors (Lipinski definition) is 3. The van der Waals surface area contributed by atoms with Gasteiger partial charge in [0, 0.05) is 36.0 Å². The largest absolute Gasteiger partial charge is 0.418 e. The summed E-state index contributed by atoms with van der Waals surface area (Å²) in [4.78, 5) is 18.1. The van der Waals surface area contributed by atoms with E-state index in [1.54, 1.807) is 6.07 Å². The highest BCUT2D eigenvalue weighted by Crippen LogP contribution is 2.46. The van der Waals surface area contributed by atoms with Crippen molar-refractivity contribution in [3.05, 3.63) is 34.2 Å². The summed E-state index contributed by atoms with van der Waals surface area (Å²) in [6, 6.07) is 4.47. The zero-order valence-electron chi connectivity index (χ0n) is 17.9. The van der Waals surface area contributed by atoms with Crippen molar-refractivity contribution < 1.29 is 18.0 Å². The quantitative estimate of drug-likeness (QED) is 0.422. The van der Waals surface area contributed by atoms with Crippen LogP contribution in [-0.4, -0.2) is 30.0 Å². The molecule has 0 bridgehead atoms. The van der Waals surface area contributed by atoms with Crippen molar-refractivity contribution in [2.24, 2.45) is 0 Å². The molecule has 0 saturated heterocycles. The van der Waals surface area contributed by atoms with Crippen molar-refractivity contribution in [2.45, 2.75) is 51.9 Å². The molecule has 1 aliphatic heterocycles. The maximum Gasteiger partial charge on any atom is 0.418 e. The van der Waals surface area contributed by atoms with Crippen molar-refractivity contribution in [3.8, 4) is 10.6 Å². The first-order valence-corrected chi connectivity index (χ1v) is 12.3. The number of nitrogens with one attached hydrogen (secondary N) is 3. The maximum absolute atomic E-state index is 13.5. The van der Waals surface area contributed by atoms with Crippen LogP contribution in [-0.2, 0) is 23.9 Å². The van der Waals surface area contributed by atoms with E-state index in [4.69, 9.17) is 0 Å². The summed E-state index contributed by atoms with van der Waals surface area (Å²) < 4.78 is 41.0. The van der Waals surface area contributed by atoms with Crippen LogP contribution in [0.1, 0.15) is 42.7 Å². The minimum Gasteiger partial charge on any atom is -0.317 e. The van der Waals surface area contributed by atoms with Crippen molar-refractivity contribution in [2.75, 3.05) is 18.4 Å². The Balaban J connectivity index is 1.68. The Labute approximate surface area is 192 Å². The number of halogens is 3. The molecule has 1 atom stereocenters. The first kappa shape index (κ1) is 23.2. The van der Waals surface area contributed by atoms with E-state index in [0.29, 0.717) is 40.3 Å². The highest BCUT2D eigenvalue weighted by Gasteiger charge is 2.34. The zero-order chi connectivity index (χ0) is 22.9. The lowest BCUT2D eigenvalue weighted by molar-refractivity contribution is -0.136. The molecule has 10 heteroatoms. The van der Waals surface area contributed by atoms with Gasteiger partial charge in [0.1, 0.15) is 10.0 Å². The fourth-order valence-corrected chi connectivity index (χ4v) is 6.07. The number of anilines is 1. The third-order valence-corrected chi connectivity index (χ3v) is 7.76. The molecule has 32 heavy (non-hydrogen) atoms. The van der Waals surface area contributed by atoms with Crippen LogP contribution in [0, 0.1) is 0 Å². The summed E-state index contributed by atoms with van der Waals surface area (Å²) >= 11 is 2.71. The van der Waals surface area contributed by atoms with Gasteiger partial charge in [0.05, 0.1) is 15.8 Å². The second kappa shape index (κ2) is 9.46. The van der Waals surface area contributed by atoms with Crippen molar-refractivity contribution in [1.29, 1.82) is 0 Å². The van der Waals surface area contributed by atoms with Gasteiger partial charge in [0.15, 0.2) is 0 Å². The van der Waals surface area contributed by atoms with E-state index in [1.807, 2.05) is 0 Å². The minimum absolute atomic E-state index is 0.0380. The number of benzene rings is 1. The van der Waals surface area contributed by atoms with Crippen LogP contribution in [0.15, 0.2) is 18.2 Å². The highest BCUT2D eigenvalue weighted by molar-refractivity contribution is 7.23. The van der Waals surface area contributed by atoms with Crippen molar-refractivity contribution in [3.63, 3.8) is 0 Å². The van der Waals surface area contributed by atoms with E-state index in [1.165, 1.54) is 28.7 Å². The minimum atomic E-state index is -4.47. The number of carbonyl (C=O) groups excluding carboxylic acids is 1. The van der Waals surface area contributed by atoms with Crippen molar-refractivity contribution >= 4 is 43.8 Å². The molecule has 3 aromatic rings. The molecule has 4 rings (SSSR count). The first-order valence-electron chi connectivity index (χ1n) is 10.6. The van der Waals surface area contributed by atoms with E-state index in [-0.39, 0.29) is 11.4 Å². The van der Waals surface area contributed by atoms with Crippen LogP contribution in [0.3, 0.4) is 0 Å². The molecule has 2 aromatic heterocycles. The predicted octanol–water partition coefficient (Wildman–Crippen LogP) is 5.41. The molecule has 0 fully saturated rings. The molecular formula is C22H25F3N4OS2. The van der Waals surface area contributed by atoms with E-state index >= 15 is 0 Å². The van der Waals surface area contributed by atoms with Crippen LogP contribution < -0.4 is 16.0 Å². The third-order valence-electron chi connectivity index (χ3n) is 5.58. The molecule has 0 radical (unpaired) electrons. The molecule has 1 amide bonds. The summed E-state index contributed by atoms with van der Waals surface area (Å²) in [6.07, 6.45) is -2.42. The summed E-state index contributed by atoms with van der Waals surface area (Å²) in [6.45, 7) is 6.17. The average Bonchev–Trinajstić information content (AvgIpc) is 3.32. The van der Waals surface area contributed by atoms with Gasteiger partial charge >= 0.3 is 6.18 Å². The van der Waals surface area contributed by atoms with Crippen LogP contribution in [0.2, 0.25) is 0 Å². The topological polar surface area (TPSA) is 66.0 Å². The number of aromatic nitrogens is 1. The molecule has 3 heterocycles. The van der Waals surface area contributed by atoms with E-state index < -0.39 is 11.7 Å². The Morgan fingerprint density at radius 3 is 2.88 bits per heavy atom. The Morgan fingerprint density at radius 2 is 2.12 bits per heavy atom. The van der Waals surface area contributed by atoms with E-state index in [2.05, 4.69) is 34.8 Å². The van der Waals surface area contributed by atoms with E-state index in [9.17, 15) is 18.0 Å². The maximum atomic E-state index is 13.5. The smallest absolute Gasteiger partial charge is 0.317 e. The van der Waals surface area contributed by atoms with Gasteiger partial charge in [0.2, 0.25) is 5.91 Å². The highest BCUT2D eigenvalue weighted by atomic mass is 32.1. The number of para-hydroxylation sites is 1. The molecule has 1 aromatic carbocycles. The Kier molecular flexibility index (Phi) is 6.85. The SMILES string of the molecule is CC[C@@H](C)NCCC(=O)Nc1sc2c(c1-c1nc3c(C(F)(F)F)cccc3s1)CCNC2. The number of rotatable bonds is 7. The van der Waals surface area contributed by atoms with Gasteiger partial charge in [-0.2, -0.15) is 13.2 Å². The Morgan fingerprint density at radius 1 is 1.31 bits per heavy atom. The lowest BCUT2D eigenvalue weighted by atomic mass is 10.0. The van der Waals surface area contributed by atoms with Gasteiger partial charge in [-0.15, -0.1) is 22.7 Å². The normalized spacial score (nSPS) is 15.0. The molecule has 172 valence electrons. The second-order valence-electron chi connectivity index (χ2n) is 7.87. The summed E-state index contributed by atoms with van der Waals surface area (Å²) in [7, 11) is 0. The lowest BCUT2D eigenvalue weighted by Crippen LogP contribution is -2.28. The fourth-order valence-electron chi connectivity index (χ4n) is 3.70. The Bertz CT molecular complexity index is 1120. The number of fused-ring (bicyclic) bond motifs is 2.